The van der Waals surface area contributed by atoms with E-state index in [9.17, 15) is 0 Å². The lowest BCUT2D eigenvalue weighted by Crippen LogP contribution is -2.33. The summed E-state index contributed by atoms with van der Waals surface area (Å²) in [4.78, 5) is 15.6. The minimum absolute atomic E-state index is 0.466. The summed E-state index contributed by atoms with van der Waals surface area (Å²) in [5.41, 5.74) is 2.26. The predicted octanol–water partition coefficient (Wildman–Crippen LogP) is 2.80. The van der Waals surface area contributed by atoms with E-state index in [1.807, 2.05) is 18.7 Å². The molecule has 0 aliphatic carbocycles. The van der Waals surface area contributed by atoms with Crippen LogP contribution >= 0.6 is 0 Å². The molecular weight excluding hydrogens is 274 g/mol. The van der Waals surface area contributed by atoms with Gasteiger partial charge < -0.3 is 9.47 Å². The van der Waals surface area contributed by atoms with Crippen molar-refractivity contribution in [2.75, 3.05) is 11.4 Å². The van der Waals surface area contributed by atoms with Gasteiger partial charge in [-0.25, -0.2) is 15.0 Å². The first-order chi connectivity index (χ1) is 10.8. The zero-order valence-electron chi connectivity index (χ0n) is 12.7. The number of aryl methyl sites for hydroxylation is 1. The average Bonchev–Trinajstić information content (AvgIpc) is 3.19. The first-order valence-electron chi connectivity index (χ1n) is 7.75. The van der Waals surface area contributed by atoms with Gasteiger partial charge in [0.05, 0.1) is 11.8 Å². The van der Waals surface area contributed by atoms with E-state index in [1.54, 1.807) is 6.33 Å². The Labute approximate surface area is 129 Å². The molecule has 112 valence electrons. The quantitative estimate of drug-likeness (QED) is 0.745. The first-order valence-corrected chi connectivity index (χ1v) is 7.75. The molecule has 1 aliphatic heterocycles. The molecule has 4 rings (SSSR count). The van der Waals surface area contributed by atoms with Crippen LogP contribution < -0.4 is 4.90 Å². The maximum absolute atomic E-state index is 4.60. The summed E-state index contributed by atoms with van der Waals surface area (Å²) in [6.45, 7) is 4.12. The lowest BCUT2D eigenvalue weighted by atomic mass is 10.1. The second-order valence-corrected chi connectivity index (χ2v) is 5.97. The molecule has 3 aromatic rings. The summed E-state index contributed by atoms with van der Waals surface area (Å²) < 4.78 is 2.15. The molecule has 1 fully saturated rings. The fourth-order valence-corrected chi connectivity index (χ4v) is 3.33. The highest BCUT2D eigenvalue weighted by molar-refractivity contribution is 5.90. The topological polar surface area (TPSA) is 46.8 Å². The molecule has 0 spiro atoms. The lowest BCUT2D eigenvalue weighted by molar-refractivity contribution is 0.548. The van der Waals surface area contributed by atoms with Crippen molar-refractivity contribution in [1.29, 1.82) is 0 Å². The summed E-state index contributed by atoms with van der Waals surface area (Å²) >= 11 is 0. The van der Waals surface area contributed by atoms with Crippen LogP contribution in [0.4, 0.5) is 5.82 Å². The average molecular weight is 293 g/mol. The van der Waals surface area contributed by atoms with Crippen molar-refractivity contribution < 1.29 is 0 Å². The van der Waals surface area contributed by atoms with Crippen LogP contribution in [0, 0.1) is 6.92 Å². The van der Waals surface area contributed by atoms with E-state index in [2.05, 4.69) is 49.5 Å². The Hall–Kier alpha value is -2.43. The Bertz CT molecular complexity index is 781. The summed E-state index contributed by atoms with van der Waals surface area (Å²) in [6.07, 6.45) is 9.83. The smallest absolute Gasteiger partial charge is 0.140 e. The predicted molar refractivity (Wildman–Crippen MR) is 86.9 cm³/mol. The van der Waals surface area contributed by atoms with Crippen LogP contribution in [0.25, 0.3) is 10.9 Å². The van der Waals surface area contributed by atoms with Crippen LogP contribution in [0.2, 0.25) is 0 Å². The van der Waals surface area contributed by atoms with Gasteiger partial charge in [0.1, 0.15) is 12.1 Å². The molecule has 0 radical (unpaired) electrons. The van der Waals surface area contributed by atoms with Crippen molar-refractivity contribution in [3.63, 3.8) is 0 Å². The first kappa shape index (κ1) is 13.2. The monoisotopic (exact) mass is 293 g/mol. The number of hydrogen-bond acceptors (Lipinski definition) is 4. The highest BCUT2D eigenvalue weighted by Gasteiger charge is 2.27. The Kier molecular flexibility index (Phi) is 3.25. The van der Waals surface area contributed by atoms with Gasteiger partial charge in [0.15, 0.2) is 0 Å². The molecule has 0 N–H and O–H groups in total. The summed E-state index contributed by atoms with van der Waals surface area (Å²) in [5.74, 6) is 1.07. The maximum atomic E-state index is 4.60. The van der Waals surface area contributed by atoms with Crippen LogP contribution in [0.15, 0.2) is 43.2 Å². The Morgan fingerprint density at radius 2 is 2.23 bits per heavy atom. The van der Waals surface area contributed by atoms with Crippen LogP contribution in [0.3, 0.4) is 0 Å². The van der Waals surface area contributed by atoms with Crippen LogP contribution in [-0.2, 0) is 6.54 Å². The minimum Gasteiger partial charge on any atom is -0.351 e. The lowest BCUT2D eigenvalue weighted by Gasteiger charge is -2.27. The van der Waals surface area contributed by atoms with Gasteiger partial charge >= 0.3 is 0 Å². The van der Waals surface area contributed by atoms with Crippen molar-refractivity contribution in [2.45, 2.75) is 32.4 Å². The SMILES string of the molecule is Cc1ccc2ncnc(N3CCCC3Cn3ccnc3)c2c1. The van der Waals surface area contributed by atoms with Crippen LogP contribution in [-0.4, -0.2) is 32.1 Å². The Morgan fingerprint density at radius 1 is 1.27 bits per heavy atom. The van der Waals surface area contributed by atoms with E-state index in [-0.39, 0.29) is 0 Å². The number of fused-ring (bicyclic) bond motifs is 1. The van der Waals surface area contributed by atoms with Gasteiger partial charge in [0.2, 0.25) is 0 Å². The molecule has 3 heterocycles. The molecule has 1 aliphatic rings. The number of anilines is 1. The second-order valence-electron chi connectivity index (χ2n) is 5.97. The van der Waals surface area contributed by atoms with Crippen molar-refractivity contribution in [3.05, 3.63) is 48.8 Å². The second kappa shape index (κ2) is 5.40. The molecule has 5 nitrogen and oxygen atoms in total. The number of nitrogens with zero attached hydrogens (tertiary/aromatic N) is 5. The molecule has 1 atom stereocenters. The molecule has 1 unspecified atom stereocenters. The fourth-order valence-electron chi connectivity index (χ4n) is 3.33. The van der Waals surface area contributed by atoms with Gasteiger partial charge in [-0.05, 0) is 31.9 Å². The number of rotatable bonds is 3. The third-order valence-electron chi connectivity index (χ3n) is 4.40. The van der Waals surface area contributed by atoms with Crippen molar-refractivity contribution in [1.82, 2.24) is 19.5 Å². The van der Waals surface area contributed by atoms with Crippen LogP contribution in [0.5, 0.6) is 0 Å². The van der Waals surface area contributed by atoms with E-state index in [0.717, 1.165) is 29.8 Å². The van der Waals surface area contributed by atoms with E-state index in [1.165, 1.54) is 18.4 Å². The fraction of sp³-hybridized carbons (Fsp3) is 0.353. The summed E-state index contributed by atoms with van der Waals surface area (Å²) in [7, 11) is 0. The van der Waals surface area contributed by atoms with Gasteiger partial charge in [-0.1, -0.05) is 11.6 Å². The molecule has 1 saturated heterocycles. The number of aromatic nitrogens is 4. The van der Waals surface area contributed by atoms with Gasteiger partial charge in [-0.2, -0.15) is 0 Å². The molecule has 2 aromatic heterocycles. The van der Waals surface area contributed by atoms with Gasteiger partial charge in [-0.3, -0.25) is 0 Å². The van der Waals surface area contributed by atoms with Gasteiger partial charge in [0.25, 0.3) is 0 Å². The third kappa shape index (κ3) is 2.32. The zero-order chi connectivity index (χ0) is 14.9. The molecular formula is C17H19N5. The van der Waals surface area contributed by atoms with E-state index >= 15 is 0 Å². The molecule has 5 heteroatoms. The summed E-state index contributed by atoms with van der Waals surface area (Å²) in [5, 5.41) is 1.15. The van der Waals surface area contributed by atoms with E-state index in [0.29, 0.717) is 6.04 Å². The molecule has 0 bridgehead atoms. The summed E-state index contributed by atoms with van der Waals surface area (Å²) in [6, 6.07) is 6.84. The number of benzene rings is 1. The maximum Gasteiger partial charge on any atom is 0.140 e. The Morgan fingerprint density at radius 3 is 3.09 bits per heavy atom. The van der Waals surface area contributed by atoms with Crippen molar-refractivity contribution in [3.8, 4) is 0 Å². The molecule has 22 heavy (non-hydrogen) atoms. The largest absolute Gasteiger partial charge is 0.351 e. The van der Waals surface area contributed by atoms with Crippen molar-refractivity contribution >= 4 is 16.7 Å². The van der Waals surface area contributed by atoms with Gasteiger partial charge in [-0.15, -0.1) is 0 Å². The molecule has 0 amide bonds. The number of imidazole rings is 1. The third-order valence-corrected chi connectivity index (χ3v) is 4.40. The van der Waals surface area contributed by atoms with E-state index < -0.39 is 0 Å². The van der Waals surface area contributed by atoms with Crippen molar-refractivity contribution in [2.24, 2.45) is 0 Å². The normalized spacial score (nSPS) is 18.2. The van der Waals surface area contributed by atoms with E-state index in [4.69, 9.17) is 0 Å². The Balaban J connectivity index is 1.72. The van der Waals surface area contributed by atoms with Gasteiger partial charge in [0, 0.05) is 36.9 Å². The number of hydrogen-bond donors (Lipinski definition) is 0. The standard InChI is InChI=1S/C17H19N5/c1-13-4-5-16-15(9-13)17(20-11-19-16)22-7-2-3-14(22)10-21-8-6-18-12-21/h4-6,8-9,11-12,14H,2-3,7,10H2,1H3. The minimum atomic E-state index is 0.466. The zero-order valence-corrected chi connectivity index (χ0v) is 12.7. The molecule has 1 aromatic carbocycles. The highest BCUT2D eigenvalue weighted by Crippen LogP contribution is 2.30. The molecule has 0 saturated carbocycles. The van der Waals surface area contributed by atoms with Crippen LogP contribution in [0.1, 0.15) is 18.4 Å². The highest BCUT2D eigenvalue weighted by atomic mass is 15.3.